The molecule has 17 heavy (non-hydrogen) atoms. The van der Waals surface area contributed by atoms with E-state index in [9.17, 15) is 0 Å². The van der Waals surface area contributed by atoms with Gasteiger partial charge >= 0.3 is 0 Å². The van der Waals surface area contributed by atoms with Crippen LogP contribution in [-0.4, -0.2) is 36.2 Å². The first-order chi connectivity index (χ1) is 8.43. The van der Waals surface area contributed by atoms with Crippen LogP contribution in [0.25, 0.3) is 10.9 Å². The zero-order valence-corrected chi connectivity index (χ0v) is 9.80. The van der Waals surface area contributed by atoms with Crippen molar-refractivity contribution in [1.82, 2.24) is 9.88 Å². The molecule has 1 aliphatic heterocycles. The van der Waals surface area contributed by atoms with Crippen LogP contribution in [-0.2, 0) is 11.3 Å². The van der Waals surface area contributed by atoms with Gasteiger partial charge in [-0.3, -0.25) is 9.88 Å². The average molecular weight is 228 g/mol. The van der Waals surface area contributed by atoms with Crippen molar-refractivity contribution in [2.75, 3.05) is 26.3 Å². The second-order valence-corrected chi connectivity index (χ2v) is 4.38. The fraction of sp³-hybridized carbons (Fsp3) is 0.357. The molecule has 0 bridgehead atoms. The van der Waals surface area contributed by atoms with E-state index in [1.807, 2.05) is 12.3 Å². The Bertz CT molecular complexity index is 501. The van der Waals surface area contributed by atoms with Gasteiger partial charge in [-0.25, -0.2) is 0 Å². The summed E-state index contributed by atoms with van der Waals surface area (Å²) in [6.45, 7) is 4.74. The molecule has 3 heteroatoms. The van der Waals surface area contributed by atoms with E-state index in [1.54, 1.807) is 0 Å². The van der Waals surface area contributed by atoms with Crippen molar-refractivity contribution in [3.63, 3.8) is 0 Å². The Morgan fingerprint density at radius 1 is 1.12 bits per heavy atom. The minimum absolute atomic E-state index is 0.850. The molecule has 1 aromatic carbocycles. The van der Waals surface area contributed by atoms with Crippen LogP contribution in [0.5, 0.6) is 0 Å². The van der Waals surface area contributed by atoms with E-state index in [1.165, 1.54) is 10.9 Å². The highest BCUT2D eigenvalue weighted by Gasteiger charge is 2.11. The van der Waals surface area contributed by atoms with Crippen molar-refractivity contribution in [2.45, 2.75) is 6.54 Å². The molecule has 1 saturated heterocycles. The first-order valence-corrected chi connectivity index (χ1v) is 6.06. The van der Waals surface area contributed by atoms with Gasteiger partial charge in [0.05, 0.1) is 18.7 Å². The number of rotatable bonds is 2. The van der Waals surface area contributed by atoms with E-state index in [0.717, 1.165) is 38.4 Å². The molecule has 88 valence electrons. The van der Waals surface area contributed by atoms with Crippen LogP contribution >= 0.6 is 0 Å². The fourth-order valence-corrected chi connectivity index (χ4v) is 2.31. The smallest absolute Gasteiger partial charge is 0.0705 e. The Hall–Kier alpha value is -1.45. The maximum Gasteiger partial charge on any atom is 0.0705 e. The molecule has 3 rings (SSSR count). The Balaban J connectivity index is 1.89. The zero-order valence-electron chi connectivity index (χ0n) is 9.80. The fourth-order valence-electron chi connectivity index (χ4n) is 2.31. The van der Waals surface area contributed by atoms with Gasteiger partial charge in [0.1, 0.15) is 0 Å². The van der Waals surface area contributed by atoms with Crippen molar-refractivity contribution in [3.05, 3.63) is 42.1 Å². The van der Waals surface area contributed by atoms with Gasteiger partial charge in [0, 0.05) is 31.2 Å². The van der Waals surface area contributed by atoms with E-state index >= 15 is 0 Å². The van der Waals surface area contributed by atoms with Crippen molar-refractivity contribution in [3.8, 4) is 0 Å². The third kappa shape index (κ3) is 2.30. The summed E-state index contributed by atoms with van der Waals surface area (Å²) in [7, 11) is 0. The Kier molecular flexibility index (Phi) is 3.03. The zero-order chi connectivity index (χ0) is 11.5. The number of hydrogen-bond acceptors (Lipinski definition) is 3. The summed E-state index contributed by atoms with van der Waals surface area (Å²) in [5.41, 5.74) is 2.44. The molecule has 1 aromatic heterocycles. The summed E-state index contributed by atoms with van der Waals surface area (Å²) in [5.74, 6) is 0. The molecule has 2 aromatic rings. The minimum Gasteiger partial charge on any atom is -0.379 e. The van der Waals surface area contributed by atoms with E-state index < -0.39 is 0 Å². The third-order valence-electron chi connectivity index (χ3n) is 3.23. The van der Waals surface area contributed by atoms with Crippen molar-refractivity contribution in [1.29, 1.82) is 0 Å². The molecule has 0 amide bonds. The van der Waals surface area contributed by atoms with Gasteiger partial charge in [-0.2, -0.15) is 0 Å². The maximum atomic E-state index is 5.37. The SMILES string of the molecule is c1cc(CN2CCOCC2)c2cccnc2c1. The van der Waals surface area contributed by atoms with E-state index in [-0.39, 0.29) is 0 Å². The first-order valence-electron chi connectivity index (χ1n) is 6.06. The number of ether oxygens (including phenoxy) is 1. The number of aromatic nitrogens is 1. The summed E-state index contributed by atoms with van der Waals surface area (Å²) < 4.78 is 5.37. The lowest BCUT2D eigenvalue weighted by molar-refractivity contribution is 0.0343. The second-order valence-electron chi connectivity index (χ2n) is 4.38. The molecule has 2 heterocycles. The lowest BCUT2D eigenvalue weighted by Crippen LogP contribution is -2.35. The van der Waals surface area contributed by atoms with Crippen LogP contribution in [0.2, 0.25) is 0 Å². The van der Waals surface area contributed by atoms with Crippen LogP contribution in [0.1, 0.15) is 5.56 Å². The van der Waals surface area contributed by atoms with Gasteiger partial charge in [-0.15, -0.1) is 0 Å². The number of benzene rings is 1. The Labute approximate surface area is 101 Å². The molecule has 0 spiro atoms. The van der Waals surface area contributed by atoms with Gasteiger partial charge in [0.2, 0.25) is 0 Å². The lowest BCUT2D eigenvalue weighted by Gasteiger charge is -2.26. The van der Waals surface area contributed by atoms with Crippen LogP contribution < -0.4 is 0 Å². The van der Waals surface area contributed by atoms with Crippen LogP contribution in [0.4, 0.5) is 0 Å². The van der Waals surface area contributed by atoms with E-state index in [0.29, 0.717) is 0 Å². The minimum atomic E-state index is 0.850. The maximum absolute atomic E-state index is 5.37. The highest BCUT2D eigenvalue weighted by molar-refractivity contribution is 5.81. The Morgan fingerprint density at radius 2 is 2.00 bits per heavy atom. The summed E-state index contributed by atoms with van der Waals surface area (Å²) in [5, 5.41) is 1.27. The summed E-state index contributed by atoms with van der Waals surface area (Å²) in [6.07, 6.45) is 1.85. The summed E-state index contributed by atoms with van der Waals surface area (Å²) >= 11 is 0. The van der Waals surface area contributed by atoms with Crippen LogP contribution in [0, 0.1) is 0 Å². The molecule has 0 saturated carbocycles. The van der Waals surface area contributed by atoms with Gasteiger partial charge < -0.3 is 4.74 Å². The Morgan fingerprint density at radius 3 is 2.88 bits per heavy atom. The molecule has 0 unspecified atom stereocenters. The number of morpholine rings is 1. The van der Waals surface area contributed by atoms with Crippen LogP contribution in [0.15, 0.2) is 36.5 Å². The molecule has 0 radical (unpaired) electrons. The third-order valence-corrected chi connectivity index (χ3v) is 3.23. The predicted molar refractivity (Wildman–Crippen MR) is 67.8 cm³/mol. The molecular formula is C14H16N2O. The molecule has 0 atom stereocenters. The number of hydrogen-bond donors (Lipinski definition) is 0. The topological polar surface area (TPSA) is 25.4 Å². The molecule has 0 N–H and O–H groups in total. The normalized spacial score (nSPS) is 17.4. The van der Waals surface area contributed by atoms with E-state index in [4.69, 9.17) is 4.74 Å². The summed E-state index contributed by atoms with van der Waals surface area (Å²) in [6, 6.07) is 10.5. The molecule has 1 aliphatic rings. The van der Waals surface area contributed by atoms with Crippen molar-refractivity contribution >= 4 is 10.9 Å². The van der Waals surface area contributed by atoms with Gasteiger partial charge in [-0.1, -0.05) is 18.2 Å². The predicted octanol–water partition coefficient (Wildman–Crippen LogP) is 2.07. The molecular weight excluding hydrogens is 212 g/mol. The van der Waals surface area contributed by atoms with Crippen molar-refractivity contribution in [2.24, 2.45) is 0 Å². The monoisotopic (exact) mass is 228 g/mol. The van der Waals surface area contributed by atoms with Crippen LogP contribution in [0.3, 0.4) is 0 Å². The molecule has 0 aliphatic carbocycles. The molecule has 3 nitrogen and oxygen atoms in total. The number of fused-ring (bicyclic) bond motifs is 1. The quantitative estimate of drug-likeness (QED) is 0.786. The standard InChI is InChI=1S/C14H16N2O/c1-3-12(11-16-7-9-17-10-8-16)13-4-2-6-15-14(13)5-1/h1-6H,7-11H2. The molecule has 1 fully saturated rings. The summed E-state index contributed by atoms with van der Waals surface area (Å²) in [4.78, 5) is 6.83. The highest BCUT2D eigenvalue weighted by atomic mass is 16.5. The second kappa shape index (κ2) is 4.82. The number of pyridine rings is 1. The van der Waals surface area contributed by atoms with Gasteiger partial charge in [0.15, 0.2) is 0 Å². The number of nitrogens with zero attached hydrogens (tertiary/aromatic N) is 2. The van der Waals surface area contributed by atoms with E-state index in [2.05, 4.69) is 34.1 Å². The largest absolute Gasteiger partial charge is 0.379 e. The lowest BCUT2D eigenvalue weighted by atomic mass is 10.1. The highest BCUT2D eigenvalue weighted by Crippen LogP contribution is 2.18. The van der Waals surface area contributed by atoms with Gasteiger partial charge in [0.25, 0.3) is 0 Å². The average Bonchev–Trinajstić information content (AvgIpc) is 2.40. The van der Waals surface area contributed by atoms with Crippen molar-refractivity contribution < 1.29 is 4.74 Å². The van der Waals surface area contributed by atoms with Gasteiger partial charge in [-0.05, 0) is 17.7 Å². The first kappa shape index (κ1) is 10.7.